The van der Waals surface area contributed by atoms with Crippen molar-refractivity contribution < 1.29 is 12.6 Å². The number of carboxylic acid groups (broad SMARTS) is 1. The van der Waals surface area contributed by atoms with Gasteiger partial charge in [0.2, 0.25) is 0 Å². The number of nitrogens with one attached hydrogen (secondary N) is 1. The third-order valence-electron chi connectivity index (χ3n) is 1.66. The Morgan fingerprint density at radius 3 is 2.90 bits per heavy atom. The Labute approximate surface area is 63.2 Å². The van der Waals surface area contributed by atoms with Crippen LogP contribution >= 0.6 is 0 Å². The molecule has 0 amide bonds. The van der Waals surface area contributed by atoms with E-state index in [1.807, 2.05) is 0 Å². The second-order valence-corrected chi connectivity index (χ2v) is 2.98. The zero-order valence-corrected chi connectivity index (χ0v) is 5.76. The SMILES string of the molecule is [2H]CC1(C[2H])CN[C@H](C(=O)O)C1. The van der Waals surface area contributed by atoms with Crippen LogP contribution < -0.4 is 5.32 Å². The van der Waals surface area contributed by atoms with Crippen LogP contribution in [0.4, 0.5) is 0 Å². The van der Waals surface area contributed by atoms with E-state index in [0.717, 1.165) is 0 Å². The summed E-state index contributed by atoms with van der Waals surface area (Å²) in [6, 6.07) is -0.555. The molecule has 0 aliphatic carbocycles. The standard InChI is InChI=1S/C7H13NO2/c1-7(2)3-5(6(9)10)8-4-7/h5,8H,3-4H2,1-2H3,(H,9,10)/t5-/m0/s1/i1D,2D. The molecule has 3 heteroatoms. The summed E-state index contributed by atoms with van der Waals surface area (Å²) < 4.78 is 14.5. The molecule has 0 unspecified atom stereocenters. The van der Waals surface area contributed by atoms with Gasteiger partial charge in [-0.25, -0.2) is 0 Å². The predicted octanol–water partition coefficient (Wildman–Crippen LogP) is 0.459. The number of hydrogen-bond acceptors (Lipinski definition) is 2. The molecule has 1 aliphatic rings. The van der Waals surface area contributed by atoms with Gasteiger partial charge in [0.15, 0.2) is 0 Å². The highest BCUT2D eigenvalue weighted by Crippen LogP contribution is 2.26. The fourth-order valence-electron chi connectivity index (χ4n) is 1.09. The van der Waals surface area contributed by atoms with E-state index in [9.17, 15) is 4.79 Å². The van der Waals surface area contributed by atoms with Crippen molar-refractivity contribution in [3.05, 3.63) is 0 Å². The molecule has 0 aromatic rings. The van der Waals surface area contributed by atoms with E-state index in [1.54, 1.807) is 0 Å². The number of rotatable bonds is 1. The van der Waals surface area contributed by atoms with Crippen LogP contribution in [0.1, 0.15) is 23.0 Å². The molecular formula is C7H13NO2. The van der Waals surface area contributed by atoms with E-state index >= 15 is 0 Å². The summed E-state index contributed by atoms with van der Waals surface area (Å²) in [5.41, 5.74) is -0.428. The topological polar surface area (TPSA) is 49.3 Å². The van der Waals surface area contributed by atoms with Crippen LogP contribution in [0.5, 0.6) is 0 Å². The molecule has 1 heterocycles. The lowest BCUT2D eigenvalue weighted by atomic mass is 9.91. The Kier molecular flexibility index (Phi) is 1.15. The lowest BCUT2D eigenvalue weighted by molar-refractivity contribution is -0.139. The smallest absolute Gasteiger partial charge is 0.320 e. The second kappa shape index (κ2) is 2.23. The molecular weight excluding hydrogens is 130 g/mol. The van der Waals surface area contributed by atoms with Crippen molar-refractivity contribution >= 4 is 5.97 Å². The Morgan fingerprint density at radius 1 is 1.90 bits per heavy atom. The summed E-state index contributed by atoms with van der Waals surface area (Å²) in [6.45, 7) is 0.748. The Morgan fingerprint density at radius 2 is 2.60 bits per heavy atom. The second-order valence-electron chi connectivity index (χ2n) is 2.98. The van der Waals surface area contributed by atoms with Crippen LogP contribution in [0.2, 0.25) is 0 Å². The van der Waals surface area contributed by atoms with Crippen molar-refractivity contribution in [1.29, 1.82) is 0 Å². The summed E-state index contributed by atoms with van der Waals surface area (Å²) in [5.74, 6) is -0.876. The Hall–Kier alpha value is -0.570. The van der Waals surface area contributed by atoms with E-state index in [0.29, 0.717) is 13.0 Å². The highest BCUT2D eigenvalue weighted by molar-refractivity contribution is 5.73. The van der Waals surface area contributed by atoms with Gasteiger partial charge in [0.05, 0.1) is 0 Å². The molecule has 10 heavy (non-hydrogen) atoms. The van der Waals surface area contributed by atoms with Gasteiger partial charge in [-0.1, -0.05) is 13.8 Å². The van der Waals surface area contributed by atoms with Crippen LogP contribution in [0, 0.1) is 5.41 Å². The number of carbonyl (C=O) groups is 1. The molecule has 58 valence electrons. The van der Waals surface area contributed by atoms with Crippen molar-refractivity contribution in [2.24, 2.45) is 5.41 Å². The molecule has 1 saturated heterocycles. The minimum Gasteiger partial charge on any atom is -0.480 e. The molecule has 0 radical (unpaired) electrons. The summed E-state index contributed by atoms with van der Waals surface area (Å²) >= 11 is 0. The van der Waals surface area contributed by atoms with Gasteiger partial charge in [0, 0.05) is 9.29 Å². The first kappa shape index (κ1) is 5.13. The van der Waals surface area contributed by atoms with E-state index in [2.05, 4.69) is 5.32 Å². The van der Waals surface area contributed by atoms with Crippen LogP contribution in [0.15, 0.2) is 0 Å². The number of carboxylic acids is 1. The van der Waals surface area contributed by atoms with E-state index in [1.165, 1.54) is 0 Å². The van der Waals surface area contributed by atoms with Crippen LogP contribution in [-0.4, -0.2) is 23.7 Å². The molecule has 2 N–H and O–H groups in total. The highest BCUT2D eigenvalue weighted by Gasteiger charge is 2.34. The summed E-state index contributed by atoms with van der Waals surface area (Å²) in [4.78, 5) is 10.5. The largest absolute Gasteiger partial charge is 0.480 e. The first-order chi connectivity index (χ1) is 5.63. The molecule has 1 fully saturated rings. The fraction of sp³-hybridized carbons (Fsp3) is 0.857. The van der Waals surface area contributed by atoms with Gasteiger partial charge in [-0.05, 0) is 11.8 Å². The van der Waals surface area contributed by atoms with Gasteiger partial charge in [0.1, 0.15) is 6.04 Å². The van der Waals surface area contributed by atoms with Crippen molar-refractivity contribution in [2.45, 2.75) is 26.3 Å². The third-order valence-corrected chi connectivity index (χ3v) is 1.66. The highest BCUT2D eigenvalue weighted by atomic mass is 16.4. The molecule has 0 saturated carbocycles. The number of aliphatic carboxylic acids is 1. The zero-order chi connectivity index (χ0) is 9.19. The van der Waals surface area contributed by atoms with Crippen LogP contribution in [0.25, 0.3) is 0 Å². The molecule has 0 bridgehead atoms. The van der Waals surface area contributed by atoms with Gasteiger partial charge < -0.3 is 10.4 Å². The lowest BCUT2D eigenvalue weighted by Gasteiger charge is -2.13. The van der Waals surface area contributed by atoms with E-state index < -0.39 is 17.4 Å². The molecule has 1 atom stereocenters. The van der Waals surface area contributed by atoms with Gasteiger partial charge in [-0.3, -0.25) is 4.79 Å². The maximum Gasteiger partial charge on any atom is 0.320 e. The molecule has 3 nitrogen and oxygen atoms in total. The quantitative estimate of drug-likeness (QED) is 0.563. The molecule has 1 rings (SSSR count). The minimum absolute atomic E-state index is 0.132. The predicted molar refractivity (Wildman–Crippen MR) is 37.8 cm³/mol. The van der Waals surface area contributed by atoms with Crippen molar-refractivity contribution in [2.75, 3.05) is 6.54 Å². The average Bonchev–Trinajstić information content (AvgIpc) is 2.49. The molecule has 0 spiro atoms. The summed E-state index contributed by atoms with van der Waals surface area (Å²) in [5, 5.41) is 11.5. The maximum absolute atomic E-state index is 10.5. The monoisotopic (exact) mass is 145 g/mol. The Balaban J connectivity index is 2.58. The van der Waals surface area contributed by atoms with Crippen LogP contribution in [-0.2, 0) is 4.79 Å². The van der Waals surface area contributed by atoms with Crippen molar-refractivity contribution in [3.8, 4) is 0 Å². The molecule has 1 aliphatic heterocycles. The Bertz CT molecular complexity index is 182. The maximum atomic E-state index is 10.5. The summed E-state index contributed by atoms with van der Waals surface area (Å²) in [6.07, 6.45) is 0.412. The molecule has 0 aromatic heterocycles. The summed E-state index contributed by atoms with van der Waals surface area (Å²) in [7, 11) is 0. The molecule has 0 aromatic carbocycles. The van der Waals surface area contributed by atoms with E-state index in [-0.39, 0.29) is 13.8 Å². The van der Waals surface area contributed by atoms with E-state index in [4.69, 9.17) is 7.85 Å². The first-order valence-corrected chi connectivity index (χ1v) is 3.18. The minimum atomic E-state index is -0.876. The normalized spacial score (nSPS) is 33.0. The lowest BCUT2D eigenvalue weighted by Crippen LogP contribution is -2.29. The van der Waals surface area contributed by atoms with Gasteiger partial charge >= 0.3 is 5.97 Å². The number of hydrogen-bond donors (Lipinski definition) is 2. The third kappa shape index (κ3) is 1.48. The fourth-order valence-corrected chi connectivity index (χ4v) is 1.09. The van der Waals surface area contributed by atoms with Gasteiger partial charge in [0.25, 0.3) is 0 Å². The van der Waals surface area contributed by atoms with Crippen LogP contribution in [0.3, 0.4) is 0 Å². The van der Waals surface area contributed by atoms with Crippen molar-refractivity contribution in [1.82, 2.24) is 5.32 Å². The van der Waals surface area contributed by atoms with Crippen molar-refractivity contribution in [3.63, 3.8) is 0 Å². The van der Waals surface area contributed by atoms with Gasteiger partial charge in [-0.15, -0.1) is 0 Å². The zero-order valence-electron chi connectivity index (χ0n) is 7.76. The first-order valence-electron chi connectivity index (χ1n) is 4.60. The van der Waals surface area contributed by atoms with Gasteiger partial charge in [-0.2, -0.15) is 0 Å². The average molecular weight is 145 g/mol.